The fraction of sp³-hybridized carbons (Fsp3) is 0.440. The summed E-state index contributed by atoms with van der Waals surface area (Å²) < 4.78 is 11.1. The summed E-state index contributed by atoms with van der Waals surface area (Å²) in [6, 6.07) is 16.4. The van der Waals surface area contributed by atoms with Crippen LogP contribution in [0.1, 0.15) is 51.2 Å². The van der Waals surface area contributed by atoms with Crippen molar-refractivity contribution in [3.8, 4) is 11.1 Å². The van der Waals surface area contributed by atoms with Crippen LogP contribution >= 0.6 is 0 Å². The minimum absolute atomic E-state index is 0.0180. The number of fused-ring (bicyclic) bond motifs is 3. The summed E-state index contributed by atoms with van der Waals surface area (Å²) in [5.41, 5.74) is 4.23. The van der Waals surface area contributed by atoms with Gasteiger partial charge in [0, 0.05) is 18.5 Å². The van der Waals surface area contributed by atoms with Gasteiger partial charge >= 0.3 is 12.2 Å². The summed E-state index contributed by atoms with van der Waals surface area (Å²) in [5.74, 6) is 0.0324. The third-order valence-corrected chi connectivity index (χ3v) is 5.87. The number of nitrogens with zero attached hydrogens (tertiary/aromatic N) is 1. The Balaban J connectivity index is 1.38. The molecule has 6 nitrogen and oxygen atoms in total. The number of benzene rings is 2. The lowest BCUT2D eigenvalue weighted by Crippen LogP contribution is -2.41. The zero-order chi connectivity index (χ0) is 22.2. The summed E-state index contributed by atoms with van der Waals surface area (Å²) in [7, 11) is 0. The van der Waals surface area contributed by atoms with E-state index in [2.05, 4.69) is 29.6 Å². The quantitative estimate of drug-likeness (QED) is 0.762. The first-order valence-corrected chi connectivity index (χ1v) is 10.8. The highest BCUT2D eigenvalue weighted by Gasteiger charge is 2.36. The topological polar surface area (TPSA) is 67.9 Å². The van der Waals surface area contributed by atoms with Crippen molar-refractivity contribution in [3.05, 3.63) is 59.7 Å². The molecule has 0 bridgehead atoms. The van der Waals surface area contributed by atoms with Crippen LogP contribution in [0.25, 0.3) is 11.1 Å². The third-order valence-electron chi connectivity index (χ3n) is 5.87. The summed E-state index contributed by atoms with van der Waals surface area (Å²) in [6.45, 7) is 8.15. The Morgan fingerprint density at radius 1 is 1.03 bits per heavy atom. The lowest BCUT2D eigenvalue weighted by molar-refractivity contribution is 0.0503. The van der Waals surface area contributed by atoms with Gasteiger partial charge in [-0.15, -0.1) is 0 Å². The van der Waals surface area contributed by atoms with E-state index in [1.165, 1.54) is 22.3 Å². The molecule has 1 heterocycles. The monoisotopic (exact) mass is 422 g/mol. The van der Waals surface area contributed by atoms with Crippen molar-refractivity contribution >= 4 is 12.2 Å². The van der Waals surface area contributed by atoms with Crippen LogP contribution in [0.5, 0.6) is 0 Å². The van der Waals surface area contributed by atoms with Gasteiger partial charge in [0.15, 0.2) is 0 Å². The Labute approximate surface area is 183 Å². The van der Waals surface area contributed by atoms with Crippen molar-refractivity contribution in [3.63, 3.8) is 0 Å². The highest BCUT2D eigenvalue weighted by atomic mass is 16.6. The van der Waals surface area contributed by atoms with Crippen LogP contribution in [-0.4, -0.2) is 47.9 Å². The molecule has 6 heteroatoms. The van der Waals surface area contributed by atoms with Gasteiger partial charge in [0.2, 0.25) is 0 Å². The average Bonchev–Trinajstić information content (AvgIpc) is 3.22. The maximum atomic E-state index is 12.9. The molecule has 0 saturated carbocycles. The van der Waals surface area contributed by atoms with E-state index in [1.807, 2.05) is 52.0 Å². The van der Waals surface area contributed by atoms with Crippen LogP contribution in [-0.2, 0) is 9.47 Å². The molecular weight excluding hydrogens is 392 g/mol. The molecule has 1 aliphatic carbocycles. The smallest absolute Gasteiger partial charge is 0.410 e. The number of ether oxygens (including phenoxy) is 2. The largest absolute Gasteiger partial charge is 0.448 e. The Morgan fingerprint density at radius 2 is 1.61 bits per heavy atom. The van der Waals surface area contributed by atoms with Crippen LogP contribution < -0.4 is 5.32 Å². The summed E-state index contributed by atoms with van der Waals surface area (Å²) in [5, 5.41) is 2.86. The minimum Gasteiger partial charge on any atom is -0.448 e. The van der Waals surface area contributed by atoms with Crippen molar-refractivity contribution in [2.24, 2.45) is 0 Å². The van der Waals surface area contributed by atoms with Gasteiger partial charge in [0.25, 0.3) is 0 Å². The number of carbonyl (C=O) groups is 2. The maximum absolute atomic E-state index is 12.9. The molecule has 1 aliphatic heterocycles. The van der Waals surface area contributed by atoms with Gasteiger partial charge in [-0.05, 0) is 56.4 Å². The molecule has 4 rings (SSSR count). The molecule has 1 saturated heterocycles. The van der Waals surface area contributed by atoms with Crippen LogP contribution in [0.4, 0.5) is 9.59 Å². The summed E-state index contributed by atoms with van der Waals surface area (Å²) in [6.07, 6.45) is -0.134. The Hall–Kier alpha value is -3.02. The van der Waals surface area contributed by atoms with E-state index in [9.17, 15) is 9.59 Å². The Kier molecular flexibility index (Phi) is 5.65. The van der Waals surface area contributed by atoms with Gasteiger partial charge in [0.1, 0.15) is 12.2 Å². The van der Waals surface area contributed by atoms with E-state index in [1.54, 1.807) is 4.90 Å². The first kappa shape index (κ1) is 21.2. The van der Waals surface area contributed by atoms with Crippen molar-refractivity contribution in [2.45, 2.75) is 57.7 Å². The molecule has 0 aromatic heterocycles. The molecule has 0 unspecified atom stereocenters. The van der Waals surface area contributed by atoms with Gasteiger partial charge in [-0.25, -0.2) is 9.59 Å². The predicted molar refractivity (Wildman–Crippen MR) is 119 cm³/mol. The molecule has 164 valence electrons. The molecular formula is C25H30N2O4. The zero-order valence-corrected chi connectivity index (χ0v) is 18.6. The molecule has 0 radical (unpaired) electrons. The van der Waals surface area contributed by atoms with Gasteiger partial charge in [-0.2, -0.15) is 0 Å². The molecule has 2 aromatic carbocycles. The second-order valence-corrected chi connectivity index (χ2v) is 9.38. The van der Waals surface area contributed by atoms with Crippen molar-refractivity contribution in [1.29, 1.82) is 0 Å². The SMILES string of the molecule is C[C@@H]1C[C@@H](NC(=O)OC(C)(C)C)CN1C(=O)OCC1c2ccccc2-c2ccccc21. The van der Waals surface area contributed by atoms with E-state index in [0.717, 1.165) is 0 Å². The summed E-state index contributed by atoms with van der Waals surface area (Å²) >= 11 is 0. The van der Waals surface area contributed by atoms with Crippen LogP contribution in [0.3, 0.4) is 0 Å². The molecule has 1 fully saturated rings. The normalized spacial score (nSPS) is 20.2. The highest BCUT2D eigenvalue weighted by molar-refractivity contribution is 5.79. The van der Waals surface area contributed by atoms with Gasteiger partial charge < -0.3 is 19.7 Å². The van der Waals surface area contributed by atoms with E-state index in [0.29, 0.717) is 19.6 Å². The second-order valence-electron chi connectivity index (χ2n) is 9.38. The number of nitrogens with one attached hydrogen (secondary N) is 1. The van der Waals surface area contributed by atoms with Crippen LogP contribution in [0.2, 0.25) is 0 Å². The molecule has 2 atom stereocenters. The van der Waals surface area contributed by atoms with Gasteiger partial charge in [0.05, 0.1) is 6.04 Å². The molecule has 2 aromatic rings. The van der Waals surface area contributed by atoms with Crippen molar-refractivity contribution in [2.75, 3.05) is 13.2 Å². The zero-order valence-electron chi connectivity index (χ0n) is 18.6. The number of alkyl carbamates (subject to hydrolysis) is 1. The minimum atomic E-state index is -0.555. The number of carbonyl (C=O) groups excluding carboxylic acids is 2. The number of likely N-dealkylation sites (tertiary alicyclic amines) is 1. The third kappa shape index (κ3) is 4.53. The van der Waals surface area contributed by atoms with Crippen LogP contribution in [0.15, 0.2) is 48.5 Å². The fourth-order valence-corrected chi connectivity index (χ4v) is 4.54. The van der Waals surface area contributed by atoms with E-state index in [4.69, 9.17) is 9.47 Å². The van der Waals surface area contributed by atoms with E-state index in [-0.39, 0.29) is 24.1 Å². The predicted octanol–water partition coefficient (Wildman–Crippen LogP) is 4.92. The first-order valence-electron chi connectivity index (χ1n) is 10.8. The number of amides is 2. The molecule has 2 aliphatic rings. The van der Waals surface area contributed by atoms with E-state index < -0.39 is 11.7 Å². The fourth-order valence-electron chi connectivity index (χ4n) is 4.54. The highest BCUT2D eigenvalue weighted by Crippen LogP contribution is 2.44. The van der Waals surface area contributed by atoms with Gasteiger partial charge in [-0.3, -0.25) is 0 Å². The van der Waals surface area contributed by atoms with Crippen LogP contribution in [0, 0.1) is 0 Å². The molecule has 1 N–H and O–H groups in total. The maximum Gasteiger partial charge on any atom is 0.410 e. The van der Waals surface area contributed by atoms with E-state index >= 15 is 0 Å². The van der Waals surface area contributed by atoms with Crippen molar-refractivity contribution in [1.82, 2.24) is 10.2 Å². The summed E-state index contributed by atoms with van der Waals surface area (Å²) in [4.78, 5) is 26.6. The lowest BCUT2D eigenvalue weighted by Gasteiger charge is -2.23. The molecule has 31 heavy (non-hydrogen) atoms. The number of hydrogen-bond acceptors (Lipinski definition) is 4. The van der Waals surface area contributed by atoms with Gasteiger partial charge in [-0.1, -0.05) is 48.5 Å². The lowest BCUT2D eigenvalue weighted by atomic mass is 9.98. The first-order chi connectivity index (χ1) is 14.7. The Morgan fingerprint density at radius 3 is 2.19 bits per heavy atom. The average molecular weight is 423 g/mol. The van der Waals surface area contributed by atoms with Crippen molar-refractivity contribution < 1.29 is 19.1 Å². The number of hydrogen-bond donors (Lipinski definition) is 1. The standard InChI is InChI=1S/C25H30N2O4/c1-16-13-17(26-23(28)31-25(2,3)4)14-27(16)24(29)30-15-22-20-11-7-5-9-18(20)19-10-6-8-12-21(19)22/h5-12,16-17,22H,13-15H2,1-4H3,(H,26,28)/t16-,17-/m1/s1. The number of rotatable bonds is 3. The molecule has 2 amide bonds. The molecule has 0 spiro atoms. The Bertz CT molecular complexity index is 936. The second kappa shape index (κ2) is 8.25.